The van der Waals surface area contributed by atoms with Crippen LogP contribution in [-0.4, -0.2) is 47.3 Å². The van der Waals surface area contributed by atoms with E-state index >= 15 is 0 Å². The Bertz CT molecular complexity index is 893. The van der Waals surface area contributed by atoms with Crippen molar-refractivity contribution in [2.24, 2.45) is 0 Å². The Morgan fingerprint density at radius 2 is 1.86 bits per heavy atom. The van der Waals surface area contributed by atoms with Gasteiger partial charge in [-0.25, -0.2) is 4.79 Å². The lowest BCUT2D eigenvalue weighted by atomic mass is 10.2. The highest BCUT2D eigenvalue weighted by atomic mass is 32.1. The molecule has 0 aliphatic heterocycles. The van der Waals surface area contributed by atoms with Crippen LogP contribution in [-0.2, 0) is 14.3 Å². The molecule has 148 valence electrons. The zero-order valence-corrected chi connectivity index (χ0v) is 16.3. The SMILES string of the molecule is Cc1ccc(NC(=O)CN(C)C(=O)[C@H](C)OC(=O)c2ccc([N+](=O)[O-])s2)cc1. The van der Waals surface area contributed by atoms with E-state index in [1.807, 2.05) is 19.1 Å². The van der Waals surface area contributed by atoms with Gasteiger partial charge in [0.1, 0.15) is 4.88 Å². The summed E-state index contributed by atoms with van der Waals surface area (Å²) in [6.07, 6.45) is -1.15. The fraction of sp³-hybridized carbons (Fsp3) is 0.278. The van der Waals surface area contributed by atoms with Crippen LogP contribution < -0.4 is 5.32 Å². The highest BCUT2D eigenvalue weighted by Crippen LogP contribution is 2.24. The molecule has 0 aliphatic carbocycles. The van der Waals surface area contributed by atoms with Crippen LogP contribution in [0.3, 0.4) is 0 Å². The summed E-state index contributed by atoms with van der Waals surface area (Å²) in [6, 6.07) is 9.65. The number of aryl methyl sites for hydroxylation is 1. The number of amides is 2. The Hall–Kier alpha value is -3.27. The minimum absolute atomic E-state index is 0.0196. The summed E-state index contributed by atoms with van der Waals surface area (Å²) < 4.78 is 5.05. The zero-order valence-electron chi connectivity index (χ0n) is 15.5. The predicted octanol–water partition coefficient (Wildman–Crippen LogP) is 2.61. The van der Waals surface area contributed by atoms with Crippen LogP contribution >= 0.6 is 11.3 Å². The van der Waals surface area contributed by atoms with Crippen LogP contribution in [0.2, 0.25) is 0 Å². The van der Waals surface area contributed by atoms with Gasteiger partial charge in [0, 0.05) is 18.8 Å². The molecule has 0 saturated heterocycles. The molecule has 1 aromatic carbocycles. The number of ether oxygens (including phenoxy) is 1. The predicted molar refractivity (Wildman–Crippen MR) is 103 cm³/mol. The number of hydrogen-bond acceptors (Lipinski definition) is 7. The van der Waals surface area contributed by atoms with Crippen molar-refractivity contribution >= 4 is 39.8 Å². The van der Waals surface area contributed by atoms with E-state index < -0.39 is 28.8 Å². The number of anilines is 1. The van der Waals surface area contributed by atoms with Gasteiger partial charge in [0.15, 0.2) is 6.10 Å². The molecule has 0 unspecified atom stereocenters. The molecule has 0 fully saturated rings. The first-order valence-corrected chi connectivity index (χ1v) is 9.05. The molecule has 1 N–H and O–H groups in total. The van der Waals surface area contributed by atoms with E-state index in [4.69, 9.17) is 4.74 Å². The van der Waals surface area contributed by atoms with Gasteiger partial charge in [0.25, 0.3) is 5.91 Å². The smallest absolute Gasteiger partial charge is 0.349 e. The molecular formula is C18H19N3O6S. The van der Waals surface area contributed by atoms with Crippen LogP contribution in [0.1, 0.15) is 22.2 Å². The summed E-state index contributed by atoms with van der Waals surface area (Å²) in [5, 5.41) is 13.1. The number of rotatable bonds is 7. The molecule has 28 heavy (non-hydrogen) atoms. The van der Waals surface area contributed by atoms with Gasteiger partial charge < -0.3 is 15.0 Å². The van der Waals surface area contributed by atoms with Crippen LogP contribution in [0.15, 0.2) is 36.4 Å². The molecule has 1 heterocycles. The third kappa shape index (κ3) is 5.61. The van der Waals surface area contributed by atoms with Crippen LogP contribution in [0.5, 0.6) is 0 Å². The van der Waals surface area contributed by atoms with Gasteiger partial charge in [-0.15, -0.1) is 0 Å². The maximum Gasteiger partial charge on any atom is 0.349 e. The number of nitrogens with one attached hydrogen (secondary N) is 1. The Labute approximate surface area is 165 Å². The first-order chi connectivity index (χ1) is 13.2. The summed E-state index contributed by atoms with van der Waals surface area (Å²) in [6.45, 7) is 3.07. The molecule has 2 aromatic rings. The number of benzene rings is 1. The molecule has 2 amide bonds. The molecule has 1 atom stereocenters. The minimum Gasteiger partial charge on any atom is -0.448 e. The maximum absolute atomic E-state index is 12.3. The number of thiophene rings is 1. The van der Waals surface area contributed by atoms with Crippen molar-refractivity contribution in [3.05, 3.63) is 57.0 Å². The second kappa shape index (κ2) is 9.09. The number of carbonyl (C=O) groups excluding carboxylic acids is 3. The highest BCUT2D eigenvalue weighted by molar-refractivity contribution is 7.17. The lowest BCUT2D eigenvalue weighted by Crippen LogP contribution is -2.41. The normalized spacial score (nSPS) is 11.4. The quantitative estimate of drug-likeness (QED) is 0.430. The molecular weight excluding hydrogens is 386 g/mol. The van der Waals surface area contributed by atoms with E-state index in [1.165, 1.54) is 26.1 Å². The summed E-state index contributed by atoms with van der Waals surface area (Å²) in [4.78, 5) is 47.6. The van der Waals surface area contributed by atoms with E-state index in [-0.39, 0.29) is 16.4 Å². The van der Waals surface area contributed by atoms with Crippen molar-refractivity contribution in [3.63, 3.8) is 0 Å². The highest BCUT2D eigenvalue weighted by Gasteiger charge is 2.25. The van der Waals surface area contributed by atoms with E-state index in [9.17, 15) is 24.5 Å². The largest absolute Gasteiger partial charge is 0.448 e. The molecule has 9 nitrogen and oxygen atoms in total. The van der Waals surface area contributed by atoms with Crippen molar-refractivity contribution in [1.82, 2.24) is 4.90 Å². The van der Waals surface area contributed by atoms with Gasteiger partial charge in [-0.05, 0) is 32.0 Å². The van der Waals surface area contributed by atoms with Crippen molar-refractivity contribution in [3.8, 4) is 0 Å². The standard InChI is InChI=1S/C18H19N3O6S/c1-11-4-6-13(7-5-11)19-15(22)10-20(3)17(23)12(2)27-18(24)14-8-9-16(28-14)21(25)26/h4-9,12H,10H2,1-3H3,(H,19,22)/t12-/m0/s1. The number of esters is 1. The van der Waals surface area contributed by atoms with E-state index in [0.717, 1.165) is 10.5 Å². The number of hydrogen-bond donors (Lipinski definition) is 1. The Morgan fingerprint density at radius 1 is 1.21 bits per heavy atom. The summed E-state index contributed by atoms with van der Waals surface area (Å²) in [5.74, 6) is -1.80. The fourth-order valence-corrected chi connectivity index (χ4v) is 2.95. The van der Waals surface area contributed by atoms with Crippen molar-refractivity contribution in [1.29, 1.82) is 0 Å². The maximum atomic E-state index is 12.3. The second-order valence-corrected chi connectivity index (χ2v) is 7.11. The lowest BCUT2D eigenvalue weighted by Gasteiger charge is -2.21. The van der Waals surface area contributed by atoms with E-state index in [0.29, 0.717) is 17.0 Å². The first kappa shape index (κ1) is 21.0. The monoisotopic (exact) mass is 405 g/mol. The van der Waals surface area contributed by atoms with Gasteiger partial charge in [-0.2, -0.15) is 0 Å². The lowest BCUT2D eigenvalue weighted by molar-refractivity contribution is -0.380. The zero-order chi connectivity index (χ0) is 20.8. The third-order valence-corrected chi connectivity index (χ3v) is 4.71. The molecule has 0 aliphatic rings. The molecule has 0 saturated carbocycles. The van der Waals surface area contributed by atoms with Gasteiger partial charge in [0.05, 0.1) is 11.5 Å². The Balaban J connectivity index is 1.88. The average molecular weight is 405 g/mol. The van der Waals surface area contributed by atoms with Crippen molar-refractivity contribution in [2.75, 3.05) is 18.9 Å². The van der Waals surface area contributed by atoms with E-state index in [2.05, 4.69) is 5.32 Å². The third-order valence-electron chi connectivity index (χ3n) is 3.70. The topological polar surface area (TPSA) is 119 Å². The summed E-state index contributed by atoms with van der Waals surface area (Å²) in [7, 11) is 1.41. The summed E-state index contributed by atoms with van der Waals surface area (Å²) >= 11 is 0.661. The number of nitrogens with zero attached hydrogens (tertiary/aromatic N) is 2. The second-order valence-electron chi connectivity index (χ2n) is 6.05. The van der Waals surface area contributed by atoms with E-state index in [1.54, 1.807) is 12.1 Å². The van der Waals surface area contributed by atoms with Crippen LogP contribution in [0.25, 0.3) is 0 Å². The fourth-order valence-electron chi connectivity index (χ4n) is 2.25. The molecule has 2 rings (SSSR count). The average Bonchev–Trinajstić information content (AvgIpc) is 3.13. The first-order valence-electron chi connectivity index (χ1n) is 8.24. The van der Waals surface area contributed by atoms with Crippen LogP contribution in [0.4, 0.5) is 10.7 Å². The minimum atomic E-state index is -1.15. The van der Waals surface area contributed by atoms with Crippen molar-refractivity contribution < 1.29 is 24.0 Å². The Morgan fingerprint density at radius 3 is 2.43 bits per heavy atom. The van der Waals surface area contributed by atoms with Gasteiger partial charge in [-0.1, -0.05) is 29.0 Å². The Kier molecular flexibility index (Phi) is 6.83. The molecule has 0 radical (unpaired) electrons. The molecule has 0 spiro atoms. The van der Waals surface area contributed by atoms with Gasteiger partial charge in [0.2, 0.25) is 5.91 Å². The molecule has 0 bridgehead atoms. The van der Waals surface area contributed by atoms with Crippen molar-refractivity contribution in [2.45, 2.75) is 20.0 Å². The van der Waals surface area contributed by atoms with Crippen LogP contribution in [0, 0.1) is 17.0 Å². The molecule has 10 heteroatoms. The summed E-state index contributed by atoms with van der Waals surface area (Å²) in [5.41, 5.74) is 1.66. The number of nitro groups is 1. The molecule has 1 aromatic heterocycles. The number of carbonyl (C=O) groups is 3. The van der Waals surface area contributed by atoms with Gasteiger partial charge >= 0.3 is 11.0 Å². The van der Waals surface area contributed by atoms with Gasteiger partial charge in [-0.3, -0.25) is 19.7 Å². The number of likely N-dealkylation sites (N-methyl/N-ethyl adjacent to an activating group) is 1.